The molecule has 0 unspecified atom stereocenters. The summed E-state index contributed by atoms with van der Waals surface area (Å²) in [7, 11) is 0. The van der Waals surface area contributed by atoms with E-state index in [1.54, 1.807) is 72.8 Å². The molecule has 4 aromatic rings. The highest BCUT2D eigenvalue weighted by atomic mass is 32.1. The number of benzene rings is 4. The van der Waals surface area contributed by atoms with Crippen LogP contribution in [0.25, 0.3) is 0 Å². The lowest BCUT2D eigenvalue weighted by Gasteiger charge is -2.11. The van der Waals surface area contributed by atoms with Crippen LogP contribution in [0.5, 0.6) is 11.5 Å². The first-order chi connectivity index (χ1) is 18.0. The van der Waals surface area contributed by atoms with E-state index in [1.807, 2.05) is 0 Å². The van der Waals surface area contributed by atoms with Crippen molar-refractivity contribution in [1.82, 2.24) is 5.43 Å². The molecule has 4 rings (SSSR count). The molecule has 37 heavy (non-hydrogen) atoms. The van der Waals surface area contributed by atoms with Crippen molar-refractivity contribution in [3.8, 4) is 11.5 Å². The first-order valence-electron chi connectivity index (χ1n) is 11.0. The van der Waals surface area contributed by atoms with E-state index in [-0.39, 0.29) is 22.4 Å². The number of anilines is 1. The Bertz CT molecular complexity index is 1430. The fourth-order valence-electron chi connectivity index (χ4n) is 3.10. The van der Waals surface area contributed by atoms with E-state index in [0.29, 0.717) is 22.4 Å². The Morgan fingerprint density at radius 3 is 2.00 bits per heavy atom. The number of hydrazone groups is 1. The van der Waals surface area contributed by atoms with Crippen molar-refractivity contribution in [3.63, 3.8) is 0 Å². The Labute approximate surface area is 217 Å². The fourth-order valence-corrected chi connectivity index (χ4v) is 3.27. The van der Waals surface area contributed by atoms with Gasteiger partial charge in [-0.2, -0.15) is 5.10 Å². The number of carbonyl (C=O) groups is 2. The number of thiocarbonyl (C=S) groups is 1. The number of carbonyl (C=O) groups excluding carboxylic acids is 2. The molecule has 0 spiro atoms. The predicted molar refractivity (Wildman–Crippen MR) is 143 cm³/mol. The lowest BCUT2D eigenvalue weighted by atomic mass is 10.2. The molecule has 0 bridgehead atoms. The van der Waals surface area contributed by atoms with Gasteiger partial charge in [-0.15, -0.1) is 0 Å². The first kappa shape index (κ1) is 25.2. The largest absolute Gasteiger partial charge is 0.423 e. The normalized spacial score (nSPS) is 10.5. The topological polar surface area (TPSA) is 89.0 Å². The van der Waals surface area contributed by atoms with E-state index < -0.39 is 11.9 Å². The molecule has 0 aliphatic carbocycles. The number of hydrogen-bond donors (Lipinski definition) is 2. The number of halogens is 1. The monoisotopic (exact) mass is 513 g/mol. The molecule has 9 heteroatoms. The Morgan fingerprint density at radius 2 is 1.38 bits per heavy atom. The molecule has 0 radical (unpaired) electrons. The molecule has 0 fully saturated rings. The SMILES string of the molecule is O=C(Oc1ccc(/C=N\NC(=S)Nc2ccc(F)cc2)c(OC(=O)c2ccccc2)c1)c1ccccc1. The van der Waals surface area contributed by atoms with Gasteiger partial charge in [-0.1, -0.05) is 36.4 Å². The molecule has 4 aromatic carbocycles. The third-order valence-electron chi connectivity index (χ3n) is 4.89. The fraction of sp³-hybridized carbons (Fsp3) is 0. The Balaban J connectivity index is 1.51. The summed E-state index contributed by atoms with van der Waals surface area (Å²) >= 11 is 5.19. The summed E-state index contributed by atoms with van der Waals surface area (Å²) in [5.74, 6) is -1.21. The summed E-state index contributed by atoms with van der Waals surface area (Å²) in [4.78, 5) is 25.1. The predicted octanol–water partition coefficient (Wildman–Crippen LogP) is 5.58. The second-order valence-electron chi connectivity index (χ2n) is 7.54. The second kappa shape index (κ2) is 12.2. The number of nitrogens with zero attached hydrogens (tertiary/aromatic N) is 1. The van der Waals surface area contributed by atoms with Gasteiger partial charge in [0.05, 0.1) is 17.3 Å². The molecule has 0 saturated heterocycles. The Hall–Kier alpha value is -4.89. The van der Waals surface area contributed by atoms with Crippen molar-refractivity contribution in [2.24, 2.45) is 5.10 Å². The van der Waals surface area contributed by atoms with Gasteiger partial charge >= 0.3 is 11.9 Å². The van der Waals surface area contributed by atoms with Crippen LogP contribution in [0.4, 0.5) is 10.1 Å². The summed E-state index contributed by atoms with van der Waals surface area (Å²) in [6, 6.07) is 27.2. The Morgan fingerprint density at radius 1 is 0.784 bits per heavy atom. The average molecular weight is 514 g/mol. The van der Waals surface area contributed by atoms with Crippen molar-refractivity contribution in [2.75, 3.05) is 5.32 Å². The van der Waals surface area contributed by atoms with Crippen LogP contribution in [0.1, 0.15) is 26.3 Å². The summed E-state index contributed by atoms with van der Waals surface area (Å²) in [5, 5.41) is 7.12. The Kier molecular flexibility index (Phi) is 8.30. The third kappa shape index (κ3) is 7.30. The van der Waals surface area contributed by atoms with Crippen molar-refractivity contribution >= 4 is 41.2 Å². The van der Waals surface area contributed by atoms with Gasteiger partial charge in [-0.05, 0) is 72.9 Å². The maximum absolute atomic E-state index is 13.1. The molecular weight excluding hydrogens is 493 g/mol. The highest BCUT2D eigenvalue weighted by molar-refractivity contribution is 7.80. The average Bonchev–Trinajstić information content (AvgIpc) is 2.92. The number of rotatable bonds is 7. The minimum atomic E-state index is -0.594. The number of esters is 2. The van der Waals surface area contributed by atoms with Gasteiger partial charge in [0.25, 0.3) is 0 Å². The zero-order valence-corrected chi connectivity index (χ0v) is 20.1. The summed E-state index contributed by atoms with van der Waals surface area (Å²) in [5.41, 5.74) is 4.37. The highest BCUT2D eigenvalue weighted by Gasteiger charge is 2.14. The molecule has 2 N–H and O–H groups in total. The first-order valence-corrected chi connectivity index (χ1v) is 11.4. The van der Waals surface area contributed by atoms with Crippen LogP contribution in [-0.2, 0) is 0 Å². The zero-order valence-electron chi connectivity index (χ0n) is 19.3. The smallest absolute Gasteiger partial charge is 0.343 e. The van der Waals surface area contributed by atoms with Crippen LogP contribution in [-0.4, -0.2) is 23.3 Å². The van der Waals surface area contributed by atoms with Crippen molar-refractivity contribution in [2.45, 2.75) is 0 Å². The minimum absolute atomic E-state index is 0.121. The molecule has 0 heterocycles. The lowest BCUT2D eigenvalue weighted by Crippen LogP contribution is -2.23. The van der Waals surface area contributed by atoms with E-state index in [4.69, 9.17) is 21.7 Å². The molecule has 184 valence electrons. The van der Waals surface area contributed by atoms with E-state index in [9.17, 15) is 14.0 Å². The van der Waals surface area contributed by atoms with E-state index in [2.05, 4.69) is 15.8 Å². The molecule has 0 atom stereocenters. The maximum Gasteiger partial charge on any atom is 0.343 e. The van der Waals surface area contributed by atoms with Gasteiger partial charge in [0, 0.05) is 17.3 Å². The van der Waals surface area contributed by atoms with Crippen LogP contribution < -0.4 is 20.2 Å². The van der Waals surface area contributed by atoms with Crippen LogP contribution in [0.3, 0.4) is 0 Å². The molecule has 0 aliphatic rings. The van der Waals surface area contributed by atoms with E-state index in [1.165, 1.54) is 36.5 Å². The lowest BCUT2D eigenvalue weighted by molar-refractivity contribution is 0.0732. The number of ether oxygens (including phenoxy) is 2. The van der Waals surface area contributed by atoms with Crippen LogP contribution in [0.2, 0.25) is 0 Å². The zero-order chi connectivity index (χ0) is 26.0. The minimum Gasteiger partial charge on any atom is -0.423 e. The number of hydrogen-bond acceptors (Lipinski definition) is 6. The van der Waals surface area contributed by atoms with Crippen molar-refractivity contribution in [1.29, 1.82) is 0 Å². The summed E-state index contributed by atoms with van der Waals surface area (Å²) in [6.45, 7) is 0. The van der Waals surface area contributed by atoms with Crippen molar-refractivity contribution in [3.05, 3.63) is 126 Å². The van der Waals surface area contributed by atoms with Gasteiger partial charge < -0.3 is 14.8 Å². The molecule has 0 aromatic heterocycles. The van der Waals surface area contributed by atoms with E-state index >= 15 is 0 Å². The standard InChI is InChI=1S/C28H20FN3O4S/c29-22-12-14-23(15-13-22)31-28(37)32-30-18-21-11-16-24(35-26(33)19-7-3-1-4-8-19)17-25(21)36-27(34)20-9-5-2-6-10-20/h1-18H,(H2,31,32,37)/b30-18-. The van der Waals surface area contributed by atoms with Crippen molar-refractivity contribution < 1.29 is 23.5 Å². The van der Waals surface area contributed by atoms with Gasteiger partial charge in [-0.25, -0.2) is 14.0 Å². The molecule has 0 saturated carbocycles. The number of nitrogens with one attached hydrogen (secondary N) is 2. The highest BCUT2D eigenvalue weighted by Crippen LogP contribution is 2.26. The molecular formula is C28H20FN3O4S. The summed E-state index contributed by atoms with van der Waals surface area (Å²) in [6.07, 6.45) is 1.40. The van der Waals surface area contributed by atoms with Gasteiger partial charge in [0.1, 0.15) is 17.3 Å². The maximum atomic E-state index is 13.1. The van der Waals surface area contributed by atoms with E-state index in [0.717, 1.165) is 0 Å². The molecule has 7 nitrogen and oxygen atoms in total. The van der Waals surface area contributed by atoms with Crippen LogP contribution in [0.15, 0.2) is 108 Å². The molecule has 0 aliphatic heterocycles. The molecule has 0 amide bonds. The van der Waals surface area contributed by atoms with Gasteiger partial charge in [0.15, 0.2) is 5.11 Å². The quantitative estimate of drug-likeness (QED) is 0.110. The van der Waals surface area contributed by atoms with Crippen LogP contribution in [0, 0.1) is 5.82 Å². The van der Waals surface area contributed by atoms with Gasteiger partial charge in [-0.3, -0.25) is 5.43 Å². The van der Waals surface area contributed by atoms with Crippen LogP contribution >= 0.6 is 12.2 Å². The third-order valence-corrected chi connectivity index (χ3v) is 5.08. The van der Waals surface area contributed by atoms with Gasteiger partial charge in [0.2, 0.25) is 0 Å². The summed E-state index contributed by atoms with van der Waals surface area (Å²) < 4.78 is 24.1. The second-order valence-corrected chi connectivity index (χ2v) is 7.95.